The molecule has 0 atom stereocenters. The van der Waals surface area contributed by atoms with E-state index in [9.17, 15) is 23.1 Å². The summed E-state index contributed by atoms with van der Waals surface area (Å²) in [5, 5.41) is 9.39. The maximum atomic E-state index is 13.4. The van der Waals surface area contributed by atoms with Gasteiger partial charge in [-0.05, 0) is 35.2 Å². The van der Waals surface area contributed by atoms with Gasteiger partial charge >= 0.3 is 12.1 Å². The zero-order valence-electron chi connectivity index (χ0n) is 13.9. The van der Waals surface area contributed by atoms with Gasteiger partial charge in [-0.3, -0.25) is 0 Å². The van der Waals surface area contributed by atoms with Crippen molar-refractivity contribution >= 4 is 5.97 Å². The van der Waals surface area contributed by atoms with Gasteiger partial charge in [-0.1, -0.05) is 49.4 Å². The van der Waals surface area contributed by atoms with Crippen LogP contribution in [0.4, 0.5) is 13.2 Å². The Bertz CT molecular complexity index is 926. The van der Waals surface area contributed by atoms with Crippen molar-refractivity contribution in [2.75, 3.05) is 0 Å². The Labute approximate surface area is 148 Å². The van der Waals surface area contributed by atoms with Gasteiger partial charge < -0.3 is 9.67 Å². The van der Waals surface area contributed by atoms with E-state index in [4.69, 9.17) is 0 Å². The molecular weight excluding hydrogens is 343 g/mol. The Balaban J connectivity index is 2.12. The Morgan fingerprint density at radius 3 is 2.08 bits per heavy atom. The summed E-state index contributed by atoms with van der Waals surface area (Å²) in [5.41, 5.74) is 0.344. The van der Waals surface area contributed by atoms with Crippen molar-refractivity contribution in [3.05, 3.63) is 77.6 Å². The maximum absolute atomic E-state index is 13.4. The average molecular weight is 359 g/mol. The summed E-state index contributed by atoms with van der Waals surface area (Å²) in [6.45, 7) is 1.57. The molecule has 26 heavy (non-hydrogen) atoms. The summed E-state index contributed by atoms with van der Waals surface area (Å²) in [4.78, 5) is 11.6. The van der Waals surface area contributed by atoms with Crippen molar-refractivity contribution < 1.29 is 23.1 Å². The molecule has 2 aromatic carbocycles. The first-order chi connectivity index (χ1) is 12.3. The Kier molecular flexibility index (Phi) is 4.59. The van der Waals surface area contributed by atoms with Crippen molar-refractivity contribution in [3.63, 3.8) is 0 Å². The second-order valence-electron chi connectivity index (χ2n) is 5.82. The van der Waals surface area contributed by atoms with E-state index in [1.54, 1.807) is 31.2 Å². The molecule has 0 spiro atoms. The molecule has 1 aromatic heterocycles. The molecule has 3 aromatic rings. The molecule has 3 nitrogen and oxygen atoms in total. The number of rotatable bonds is 4. The fraction of sp³-hybridized carbons (Fsp3) is 0.150. The average Bonchev–Trinajstić information content (AvgIpc) is 3.03. The van der Waals surface area contributed by atoms with E-state index in [1.165, 1.54) is 6.20 Å². The van der Waals surface area contributed by atoms with Gasteiger partial charge in [0.2, 0.25) is 0 Å². The predicted molar refractivity (Wildman–Crippen MR) is 92.5 cm³/mol. The summed E-state index contributed by atoms with van der Waals surface area (Å²) in [6.07, 6.45) is -3.39. The third kappa shape index (κ3) is 3.22. The van der Waals surface area contributed by atoms with E-state index >= 15 is 0 Å². The van der Waals surface area contributed by atoms with E-state index < -0.39 is 23.4 Å². The maximum Gasteiger partial charge on any atom is 0.419 e. The van der Waals surface area contributed by atoms with Crippen LogP contribution in [0.3, 0.4) is 0 Å². The minimum atomic E-state index is -4.73. The molecule has 0 fully saturated rings. The molecule has 0 aliphatic carbocycles. The second-order valence-corrected chi connectivity index (χ2v) is 5.82. The van der Waals surface area contributed by atoms with Crippen molar-refractivity contribution in [2.45, 2.75) is 19.5 Å². The van der Waals surface area contributed by atoms with Crippen LogP contribution in [0.2, 0.25) is 0 Å². The minimum absolute atomic E-state index is 0.0398. The van der Waals surface area contributed by atoms with E-state index in [2.05, 4.69) is 0 Å². The predicted octanol–water partition coefficient (Wildman–Crippen LogP) is 5.42. The number of nitrogens with zero attached hydrogens (tertiary/aromatic N) is 1. The Morgan fingerprint density at radius 1 is 1.00 bits per heavy atom. The Morgan fingerprint density at radius 2 is 1.58 bits per heavy atom. The number of carboxylic acids is 1. The summed E-state index contributed by atoms with van der Waals surface area (Å²) < 4.78 is 41.3. The molecule has 0 saturated heterocycles. The van der Waals surface area contributed by atoms with E-state index in [-0.39, 0.29) is 12.0 Å². The van der Waals surface area contributed by atoms with Gasteiger partial charge in [0.1, 0.15) is 5.69 Å². The van der Waals surface area contributed by atoms with Crippen molar-refractivity contribution in [3.8, 4) is 16.8 Å². The molecule has 0 aliphatic heterocycles. The molecule has 0 radical (unpaired) electrons. The van der Waals surface area contributed by atoms with Gasteiger partial charge in [-0.15, -0.1) is 0 Å². The molecule has 1 N–H and O–H groups in total. The van der Waals surface area contributed by atoms with Gasteiger partial charge in [-0.25, -0.2) is 4.79 Å². The van der Waals surface area contributed by atoms with E-state index in [0.717, 1.165) is 15.7 Å². The zero-order chi connectivity index (χ0) is 18.9. The van der Waals surface area contributed by atoms with Crippen LogP contribution in [0.5, 0.6) is 0 Å². The Hall–Kier alpha value is -3.02. The van der Waals surface area contributed by atoms with Crippen molar-refractivity contribution in [2.24, 2.45) is 0 Å². The van der Waals surface area contributed by atoms with Crippen molar-refractivity contribution in [1.29, 1.82) is 0 Å². The molecule has 0 aliphatic rings. The van der Waals surface area contributed by atoms with Crippen LogP contribution in [0.1, 0.15) is 28.5 Å². The summed E-state index contributed by atoms with van der Waals surface area (Å²) in [6, 6.07) is 16.3. The fourth-order valence-corrected chi connectivity index (χ4v) is 3.00. The smallest absolute Gasteiger partial charge is 0.419 e. The van der Waals surface area contributed by atoms with Gasteiger partial charge in [0, 0.05) is 11.9 Å². The van der Waals surface area contributed by atoms with Crippen LogP contribution in [0.25, 0.3) is 16.8 Å². The molecule has 1 heterocycles. The van der Waals surface area contributed by atoms with Crippen LogP contribution in [0.15, 0.2) is 60.8 Å². The zero-order valence-corrected chi connectivity index (χ0v) is 13.9. The monoisotopic (exact) mass is 359 g/mol. The van der Waals surface area contributed by atoms with Crippen LogP contribution in [0, 0.1) is 0 Å². The molecule has 6 heteroatoms. The number of halogens is 3. The highest BCUT2D eigenvalue weighted by molar-refractivity contribution is 5.89. The number of benzene rings is 2. The van der Waals surface area contributed by atoms with Gasteiger partial charge in [0.15, 0.2) is 0 Å². The minimum Gasteiger partial charge on any atom is -0.477 e. The van der Waals surface area contributed by atoms with Crippen LogP contribution in [-0.2, 0) is 12.6 Å². The lowest BCUT2D eigenvalue weighted by molar-refractivity contribution is -0.138. The van der Waals surface area contributed by atoms with Crippen LogP contribution in [-0.4, -0.2) is 15.6 Å². The topological polar surface area (TPSA) is 42.2 Å². The summed E-state index contributed by atoms with van der Waals surface area (Å²) in [5.74, 6) is -1.61. The number of hydrogen-bond acceptors (Lipinski definition) is 1. The normalized spacial score (nSPS) is 11.5. The number of aromatic carboxylic acids is 1. The van der Waals surface area contributed by atoms with Crippen molar-refractivity contribution in [1.82, 2.24) is 4.57 Å². The molecule has 0 saturated carbocycles. The number of aryl methyl sites for hydroxylation is 1. The quantitative estimate of drug-likeness (QED) is 0.675. The molecule has 0 bridgehead atoms. The summed E-state index contributed by atoms with van der Waals surface area (Å²) >= 11 is 0. The lowest BCUT2D eigenvalue weighted by Gasteiger charge is -2.11. The van der Waals surface area contributed by atoms with Gasteiger partial charge in [0.05, 0.1) is 5.56 Å². The highest BCUT2D eigenvalue weighted by atomic mass is 19.4. The highest BCUT2D eigenvalue weighted by Crippen LogP contribution is 2.37. The molecule has 134 valence electrons. The lowest BCUT2D eigenvalue weighted by Crippen LogP contribution is -2.15. The number of carbonyl (C=O) groups is 1. The largest absolute Gasteiger partial charge is 0.477 e. The standard InChI is InChI=1S/C20H16F3NO2/c1-2-13-12-24(18(19(25)26)17(13)20(21,22)23)16-10-8-15(9-11-16)14-6-4-3-5-7-14/h3-12H,2H2,1H3,(H,25,26). The lowest BCUT2D eigenvalue weighted by atomic mass is 10.1. The highest BCUT2D eigenvalue weighted by Gasteiger charge is 2.40. The summed E-state index contributed by atoms with van der Waals surface area (Å²) in [7, 11) is 0. The number of aromatic nitrogens is 1. The second kappa shape index (κ2) is 6.71. The third-order valence-electron chi connectivity index (χ3n) is 4.20. The SMILES string of the molecule is CCc1cn(-c2ccc(-c3ccccc3)cc2)c(C(=O)O)c1C(F)(F)F. The van der Waals surface area contributed by atoms with Gasteiger partial charge in [-0.2, -0.15) is 13.2 Å². The molecule has 0 amide bonds. The van der Waals surface area contributed by atoms with Crippen LogP contribution >= 0.6 is 0 Å². The third-order valence-corrected chi connectivity index (χ3v) is 4.20. The number of hydrogen-bond donors (Lipinski definition) is 1. The molecule has 3 rings (SSSR count). The van der Waals surface area contributed by atoms with Gasteiger partial charge in [0.25, 0.3) is 0 Å². The van der Waals surface area contributed by atoms with E-state index in [0.29, 0.717) is 5.69 Å². The number of alkyl halides is 3. The van der Waals surface area contributed by atoms with Crippen LogP contribution < -0.4 is 0 Å². The molecule has 0 unspecified atom stereocenters. The fourth-order valence-electron chi connectivity index (χ4n) is 3.00. The number of carboxylic acid groups (broad SMARTS) is 1. The first-order valence-electron chi connectivity index (χ1n) is 8.03. The van der Waals surface area contributed by atoms with E-state index in [1.807, 2.05) is 30.3 Å². The first-order valence-corrected chi connectivity index (χ1v) is 8.03. The first kappa shape index (κ1) is 17.8. The molecular formula is C20H16F3NO2.